The highest BCUT2D eigenvalue weighted by atomic mass is 14.7. The van der Waals surface area contributed by atoms with Crippen LogP contribution < -0.4 is 0 Å². The molecular formula is C44H25N3. The number of hydrogen-bond donors (Lipinski definition) is 0. The molecule has 0 fully saturated rings. The van der Waals surface area contributed by atoms with E-state index in [2.05, 4.69) is 138 Å². The maximum Gasteiger partial charge on any atom is 0.141 e. The Hall–Kier alpha value is -6.37. The van der Waals surface area contributed by atoms with E-state index in [1.165, 1.54) is 66.1 Å². The summed E-state index contributed by atoms with van der Waals surface area (Å²) >= 11 is 0. The van der Waals surface area contributed by atoms with Gasteiger partial charge in [0, 0.05) is 17.3 Å². The average Bonchev–Trinajstić information content (AvgIpc) is 3.62. The van der Waals surface area contributed by atoms with Crippen LogP contribution in [0.5, 0.6) is 0 Å². The summed E-state index contributed by atoms with van der Waals surface area (Å²) in [6.45, 7) is 0. The van der Waals surface area contributed by atoms with Crippen molar-refractivity contribution in [1.29, 1.82) is 5.26 Å². The molecule has 0 N–H and O–H groups in total. The molecule has 0 aliphatic heterocycles. The average molecular weight is 596 g/mol. The minimum Gasteiger partial charge on any atom is -0.248 e. The van der Waals surface area contributed by atoms with E-state index < -0.39 is 5.41 Å². The predicted octanol–water partition coefficient (Wildman–Crippen LogP) is 10.3. The zero-order chi connectivity index (χ0) is 31.1. The SMILES string of the molecule is N#Cc1cc(-c2cccc(-c3cc4c(c5ccccc35)-c3c(ccc5ccccc35)C43c4ccccc4-c4ccccc43)n2)ccn1. The van der Waals surface area contributed by atoms with Gasteiger partial charge in [0.05, 0.1) is 16.8 Å². The van der Waals surface area contributed by atoms with Crippen LogP contribution in [0.4, 0.5) is 0 Å². The topological polar surface area (TPSA) is 49.6 Å². The van der Waals surface area contributed by atoms with E-state index in [1.807, 2.05) is 12.1 Å². The molecule has 6 aromatic carbocycles. The van der Waals surface area contributed by atoms with Gasteiger partial charge in [-0.1, -0.05) is 115 Å². The molecule has 3 heteroatoms. The summed E-state index contributed by atoms with van der Waals surface area (Å²) in [7, 11) is 0. The normalized spacial score (nSPS) is 13.3. The van der Waals surface area contributed by atoms with Gasteiger partial charge in [-0.15, -0.1) is 0 Å². The molecule has 0 radical (unpaired) electrons. The molecule has 47 heavy (non-hydrogen) atoms. The highest BCUT2D eigenvalue weighted by Crippen LogP contribution is 2.65. The summed E-state index contributed by atoms with van der Waals surface area (Å²) in [6.07, 6.45) is 1.67. The van der Waals surface area contributed by atoms with Gasteiger partial charge < -0.3 is 0 Å². The number of aromatic nitrogens is 2. The summed E-state index contributed by atoms with van der Waals surface area (Å²) in [5.74, 6) is 0. The Morgan fingerprint density at radius 1 is 0.489 bits per heavy atom. The maximum atomic E-state index is 9.50. The monoisotopic (exact) mass is 595 g/mol. The lowest BCUT2D eigenvalue weighted by molar-refractivity contribution is 0.795. The number of nitriles is 1. The van der Waals surface area contributed by atoms with E-state index in [0.29, 0.717) is 5.69 Å². The molecule has 2 aromatic heterocycles. The highest BCUT2D eigenvalue weighted by molar-refractivity contribution is 6.16. The van der Waals surface area contributed by atoms with Gasteiger partial charge in [0.25, 0.3) is 0 Å². The van der Waals surface area contributed by atoms with E-state index in [9.17, 15) is 5.26 Å². The molecule has 0 bridgehead atoms. The lowest BCUT2D eigenvalue weighted by Gasteiger charge is -2.31. The lowest BCUT2D eigenvalue weighted by Crippen LogP contribution is -2.26. The van der Waals surface area contributed by atoms with Crippen molar-refractivity contribution >= 4 is 21.5 Å². The Kier molecular flexibility index (Phi) is 5.27. The Balaban J connectivity index is 1.36. The number of fused-ring (bicyclic) bond motifs is 14. The van der Waals surface area contributed by atoms with Crippen molar-refractivity contribution in [3.63, 3.8) is 0 Å². The summed E-state index contributed by atoms with van der Waals surface area (Å²) in [4.78, 5) is 9.40. The highest BCUT2D eigenvalue weighted by Gasteiger charge is 2.52. The van der Waals surface area contributed by atoms with Crippen LogP contribution in [0.1, 0.15) is 27.9 Å². The van der Waals surface area contributed by atoms with Crippen LogP contribution in [0.3, 0.4) is 0 Å². The molecule has 216 valence electrons. The van der Waals surface area contributed by atoms with Crippen LogP contribution in [0.15, 0.2) is 152 Å². The molecule has 2 aliphatic carbocycles. The first-order valence-electron chi connectivity index (χ1n) is 15.9. The van der Waals surface area contributed by atoms with E-state index >= 15 is 0 Å². The fourth-order valence-electron chi connectivity index (χ4n) is 8.36. The smallest absolute Gasteiger partial charge is 0.141 e. The lowest BCUT2D eigenvalue weighted by atomic mass is 9.70. The number of rotatable bonds is 2. The van der Waals surface area contributed by atoms with Crippen molar-refractivity contribution in [2.75, 3.05) is 0 Å². The molecule has 1 spiro atoms. The fourth-order valence-corrected chi connectivity index (χ4v) is 8.36. The number of hydrogen-bond acceptors (Lipinski definition) is 3. The van der Waals surface area contributed by atoms with Gasteiger partial charge in [0.2, 0.25) is 0 Å². The van der Waals surface area contributed by atoms with Crippen molar-refractivity contribution in [2.24, 2.45) is 0 Å². The molecule has 0 atom stereocenters. The third kappa shape index (κ3) is 3.39. The first-order chi connectivity index (χ1) is 23.3. The minimum absolute atomic E-state index is 0.378. The molecule has 10 rings (SSSR count). The van der Waals surface area contributed by atoms with Crippen molar-refractivity contribution in [1.82, 2.24) is 9.97 Å². The zero-order valence-electron chi connectivity index (χ0n) is 25.3. The Bertz CT molecular complexity index is 2610. The van der Waals surface area contributed by atoms with Crippen LogP contribution in [-0.2, 0) is 5.41 Å². The molecule has 2 aliphatic rings. The van der Waals surface area contributed by atoms with E-state index in [-0.39, 0.29) is 0 Å². The quantitative estimate of drug-likeness (QED) is 0.200. The first kappa shape index (κ1) is 25.9. The van der Waals surface area contributed by atoms with Gasteiger partial charge in [-0.3, -0.25) is 0 Å². The van der Waals surface area contributed by atoms with Gasteiger partial charge in [-0.25, -0.2) is 9.97 Å². The third-order valence-electron chi connectivity index (χ3n) is 10.2. The molecular weight excluding hydrogens is 571 g/mol. The standard InChI is InChI=1S/C44H25N3/c45-26-29-24-28(22-23-46-29)40-18-9-19-41(47-40)35-25-39-43(34-15-4-3-12-31(34)35)42-30-11-2-1-10-27(30)20-21-38(42)44(39)36-16-7-5-13-32(36)33-14-6-8-17-37(33)44/h1-25H. The van der Waals surface area contributed by atoms with Crippen LogP contribution in [-0.4, -0.2) is 9.97 Å². The van der Waals surface area contributed by atoms with Crippen LogP contribution in [0, 0.1) is 11.3 Å². The Labute approximate surface area is 272 Å². The summed E-state index contributed by atoms with van der Waals surface area (Å²) < 4.78 is 0. The van der Waals surface area contributed by atoms with Crippen molar-refractivity contribution in [2.45, 2.75) is 5.41 Å². The molecule has 0 saturated carbocycles. The van der Waals surface area contributed by atoms with E-state index in [4.69, 9.17) is 4.98 Å². The molecule has 0 amide bonds. The first-order valence-corrected chi connectivity index (χ1v) is 15.9. The second-order valence-electron chi connectivity index (χ2n) is 12.4. The van der Waals surface area contributed by atoms with Gasteiger partial charge in [0.15, 0.2) is 0 Å². The van der Waals surface area contributed by atoms with Crippen LogP contribution in [0.25, 0.3) is 66.3 Å². The van der Waals surface area contributed by atoms with E-state index in [0.717, 1.165) is 22.5 Å². The van der Waals surface area contributed by atoms with Gasteiger partial charge >= 0.3 is 0 Å². The second kappa shape index (κ2) is 9.57. The Morgan fingerprint density at radius 2 is 1.15 bits per heavy atom. The Morgan fingerprint density at radius 3 is 1.94 bits per heavy atom. The zero-order valence-corrected chi connectivity index (χ0v) is 25.3. The van der Waals surface area contributed by atoms with Crippen LogP contribution >= 0.6 is 0 Å². The second-order valence-corrected chi connectivity index (χ2v) is 12.4. The molecule has 0 unspecified atom stereocenters. The van der Waals surface area contributed by atoms with E-state index in [1.54, 1.807) is 12.3 Å². The summed E-state index contributed by atoms with van der Waals surface area (Å²) in [5, 5.41) is 14.4. The van der Waals surface area contributed by atoms with Crippen molar-refractivity contribution < 1.29 is 0 Å². The molecule has 0 saturated heterocycles. The predicted molar refractivity (Wildman–Crippen MR) is 189 cm³/mol. The number of nitrogens with zero attached hydrogens (tertiary/aromatic N) is 3. The maximum absolute atomic E-state index is 9.50. The summed E-state index contributed by atoms with van der Waals surface area (Å²) in [5.41, 5.74) is 14.0. The largest absolute Gasteiger partial charge is 0.248 e. The molecule has 3 nitrogen and oxygen atoms in total. The minimum atomic E-state index is -0.481. The van der Waals surface area contributed by atoms with Gasteiger partial charge in [-0.2, -0.15) is 5.26 Å². The van der Waals surface area contributed by atoms with Gasteiger partial charge in [-0.05, 0) is 96.4 Å². The molecule has 8 aromatic rings. The number of benzene rings is 6. The van der Waals surface area contributed by atoms with Crippen molar-refractivity contribution in [3.05, 3.63) is 180 Å². The van der Waals surface area contributed by atoms with Crippen molar-refractivity contribution in [3.8, 4) is 50.8 Å². The fraction of sp³-hybridized carbons (Fsp3) is 0.0227. The summed E-state index contributed by atoms with van der Waals surface area (Å²) in [6, 6.07) is 54.6. The van der Waals surface area contributed by atoms with Crippen LogP contribution in [0.2, 0.25) is 0 Å². The third-order valence-corrected chi connectivity index (χ3v) is 10.2. The molecule has 2 heterocycles. The number of pyridine rings is 2. The van der Waals surface area contributed by atoms with Gasteiger partial charge in [0.1, 0.15) is 11.8 Å².